The van der Waals surface area contributed by atoms with Gasteiger partial charge in [-0.25, -0.2) is 0 Å². The summed E-state index contributed by atoms with van der Waals surface area (Å²) in [6.45, 7) is 1.67. The second kappa shape index (κ2) is 10.5. The van der Waals surface area contributed by atoms with Crippen molar-refractivity contribution in [1.29, 1.82) is 0 Å². The highest BCUT2D eigenvalue weighted by Gasteiger charge is 2.24. The lowest BCUT2D eigenvalue weighted by Crippen LogP contribution is -2.33. The van der Waals surface area contributed by atoms with Crippen LogP contribution in [0.3, 0.4) is 0 Å². The molecule has 14 heteroatoms. The van der Waals surface area contributed by atoms with Crippen LogP contribution in [0.15, 0.2) is 68.1 Å². The number of nitrogens with one attached hydrogen (secondary N) is 2. The predicted octanol–water partition coefficient (Wildman–Crippen LogP) is 2.00. The molecular formula is C22H21N9O5. The average molecular weight is 491 g/mol. The fraction of sp³-hybridized carbons (Fsp3) is 0.182. The van der Waals surface area contributed by atoms with E-state index in [0.717, 1.165) is 5.56 Å². The van der Waals surface area contributed by atoms with Gasteiger partial charge in [0, 0.05) is 19.0 Å². The molecule has 0 saturated heterocycles. The van der Waals surface area contributed by atoms with Gasteiger partial charge in [-0.3, -0.25) is 14.4 Å². The molecule has 36 heavy (non-hydrogen) atoms. The number of carbonyl (C=O) groups is 2. The van der Waals surface area contributed by atoms with Crippen LogP contribution in [0.2, 0.25) is 0 Å². The van der Waals surface area contributed by atoms with Crippen LogP contribution in [-0.4, -0.2) is 48.4 Å². The summed E-state index contributed by atoms with van der Waals surface area (Å²) in [6.07, 6.45) is -0.256. The molecule has 0 radical (unpaired) electrons. The van der Waals surface area contributed by atoms with Crippen molar-refractivity contribution in [3.8, 4) is 11.6 Å². The van der Waals surface area contributed by atoms with Gasteiger partial charge in [-0.15, -0.1) is 10.2 Å². The first-order valence-corrected chi connectivity index (χ1v) is 10.6. The summed E-state index contributed by atoms with van der Waals surface area (Å²) in [6, 6.07) is 12.9. The second-order valence-corrected chi connectivity index (χ2v) is 7.73. The van der Waals surface area contributed by atoms with Gasteiger partial charge in [0.05, 0.1) is 23.5 Å². The van der Waals surface area contributed by atoms with E-state index in [2.05, 4.69) is 36.1 Å². The van der Waals surface area contributed by atoms with E-state index in [1.165, 1.54) is 11.7 Å². The quantitative estimate of drug-likeness (QED) is 0.252. The molecule has 0 bridgehead atoms. The van der Waals surface area contributed by atoms with Crippen molar-refractivity contribution in [2.75, 3.05) is 5.32 Å². The summed E-state index contributed by atoms with van der Waals surface area (Å²) in [4.78, 5) is 35.5. The van der Waals surface area contributed by atoms with E-state index in [-0.39, 0.29) is 36.0 Å². The first-order valence-electron chi connectivity index (χ1n) is 10.6. The zero-order valence-electron chi connectivity index (χ0n) is 19.0. The number of amides is 1. The molecule has 0 aliphatic rings. The molecule has 0 spiro atoms. The summed E-state index contributed by atoms with van der Waals surface area (Å²) in [7, 11) is 0. The van der Waals surface area contributed by atoms with Crippen LogP contribution in [0.25, 0.3) is 11.6 Å². The molecule has 4 aromatic rings. The molecule has 1 unspecified atom stereocenters. The third kappa shape index (κ3) is 5.92. The van der Waals surface area contributed by atoms with Crippen molar-refractivity contribution in [1.82, 2.24) is 25.4 Å². The molecule has 2 heterocycles. The highest BCUT2D eigenvalue weighted by Crippen LogP contribution is 2.22. The van der Waals surface area contributed by atoms with Crippen LogP contribution >= 0.6 is 0 Å². The summed E-state index contributed by atoms with van der Waals surface area (Å²) in [5.41, 5.74) is 7.64. The van der Waals surface area contributed by atoms with Crippen LogP contribution in [0, 0.1) is 0 Å². The largest absolute Gasteiger partial charge is 0.480 e. The van der Waals surface area contributed by atoms with E-state index in [1.807, 2.05) is 6.07 Å². The summed E-state index contributed by atoms with van der Waals surface area (Å²) < 4.78 is 5.13. The standard InChI is InChI=1S/C22H21N9O5/c1-12(32)24-14-5-7-15(8-6-14)25-26-16-4-2-3-13(9-16)11-31-28-20(27-30-31)19-17(21(33)29-36-19)10-18(23)22(34)35/h2-9,18H,10-11,23H2,1H3,(H,24,32)(H,29,33)(H,34,35). The van der Waals surface area contributed by atoms with Crippen LogP contribution in [0.5, 0.6) is 0 Å². The number of aliphatic carboxylic acids is 1. The lowest BCUT2D eigenvalue weighted by molar-refractivity contribution is -0.138. The topological polar surface area (TPSA) is 207 Å². The number of aromatic amines is 1. The van der Waals surface area contributed by atoms with Crippen molar-refractivity contribution < 1.29 is 19.2 Å². The van der Waals surface area contributed by atoms with E-state index in [9.17, 15) is 14.4 Å². The number of hydrogen-bond acceptors (Lipinski definition) is 10. The first kappa shape index (κ1) is 24.2. The lowest BCUT2D eigenvalue weighted by atomic mass is 10.1. The number of benzene rings is 2. The van der Waals surface area contributed by atoms with Gasteiger partial charge in [0.15, 0.2) is 0 Å². The zero-order chi connectivity index (χ0) is 25.7. The Hall–Kier alpha value is -4.98. The zero-order valence-corrected chi connectivity index (χ0v) is 19.0. The Balaban J connectivity index is 1.46. The van der Waals surface area contributed by atoms with Crippen LogP contribution < -0.4 is 16.6 Å². The van der Waals surface area contributed by atoms with Crippen molar-refractivity contribution in [3.05, 3.63) is 70.0 Å². The van der Waals surface area contributed by atoms with Gasteiger partial charge in [0.25, 0.3) is 5.56 Å². The highest BCUT2D eigenvalue weighted by molar-refractivity contribution is 5.88. The van der Waals surface area contributed by atoms with Crippen LogP contribution in [0.4, 0.5) is 17.1 Å². The Labute approximate surface area is 202 Å². The average Bonchev–Trinajstić information content (AvgIpc) is 3.45. The van der Waals surface area contributed by atoms with E-state index < -0.39 is 17.6 Å². The Morgan fingerprint density at radius 2 is 1.94 bits per heavy atom. The number of tetrazole rings is 1. The number of aromatic nitrogens is 5. The molecule has 2 aromatic heterocycles. The van der Waals surface area contributed by atoms with Gasteiger partial charge in [-0.1, -0.05) is 12.1 Å². The first-order chi connectivity index (χ1) is 17.3. The third-order valence-electron chi connectivity index (χ3n) is 4.89. The van der Waals surface area contributed by atoms with Gasteiger partial charge in [0.1, 0.15) is 6.04 Å². The van der Waals surface area contributed by atoms with Crippen molar-refractivity contribution in [2.24, 2.45) is 16.0 Å². The fourth-order valence-corrected chi connectivity index (χ4v) is 3.21. The number of nitrogens with two attached hydrogens (primary N) is 1. The number of anilines is 1. The normalized spacial score (nSPS) is 12.1. The molecule has 184 valence electrons. The molecule has 5 N–H and O–H groups in total. The van der Waals surface area contributed by atoms with Gasteiger partial charge in [0.2, 0.25) is 17.5 Å². The minimum Gasteiger partial charge on any atom is -0.480 e. The van der Waals surface area contributed by atoms with Gasteiger partial charge in [-0.2, -0.15) is 20.2 Å². The smallest absolute Gasteiger partial charge is 0.320 e. The number of carbonyl (C=O) groups excluding carboxylic acids is 1. The lowest BCUT2D eigenvalue weighted by Gasteiger charge is -2.03. The molecule has 14 nitrogen and oxygen atoms in total. The van der Waals surface area contributed by atoms with Crippen LogP contribution in [0.1, 0.15) is 18.1 Å². The van der Waals surface area contributed by atoms with E-state index in [1.54, 1.807) is 42.5 Å². The molecule has 0 aliphatic heterocycles. The maximum absolute atomic E-state index is 12.0. The molecule has 0 aliphatic carbocycles. The molecule has 2 aromatic carbocycles. The van der Waals surface area contributed by atoms with E-state index >= 15 is 0 Å². The monoisotopic (exact) mass is 491 g/mol. The summed E-state index contributed by atoms with van der Waals surface area (Å²) in [5, 5.41) is 34.4. The van der Waals surface area contributed by atoms with Gasteiger partial charge >= 0.3 is 5.97 Å². The van der Waals surface area contributed by atoms with Gasteiger partial charge in [-0.05, 0) is 47.2 Å². The molecule has 0 saturated carbocycles. The molecule has 1 atom stereocenters. The Morgan fingerprint density at radius 3 is 2.67 bits per heavy atom. The Morgan fingerprint density at radius 1 is 1.19 bits per heavy atom. The molecule has 0 fully saturated rings. The minimum atomic E-state index is -1.29. The number of carboxylic acid groups (broad SMARTS) is 1. The van der Waals surface area contributed by atoms with Crippen molar-refractivity contribution in [2.45, 2.75) is 25.9 Å². The maximum Gasteiger partial charge on any atom is 0.320 e. The van der Waals surface area contributed by atoms with Crippen molar-refractivity contribution >= 4 is 28.9 Å². The fourth-order valence-electron chi connectivity index (χ4n) is 3.21. The summed E-state index contributed by atoms with van der Waals surface area (Å²) in [5.74, 6) is -1.41. The van der Waals surface area contributed by atoms with E-state index in [0.29, 0.717) is 17.1 Å². The highest BCUT2D eigenvalue weighted by atomic mass is 16.5. The minimum absolute atomic E-state index is 0.0134. The Bertz CT molecular complexity index is 1470. The van der Waals surface area contributed by atoms with Crippen LogP contribution in [-0.2, 0) is 22.6 Å². The molecule has 4 rings (SSSR count). The predicted molar refractivity (Wildman–Crippen MR) is 126 cm³/mol. The maximum atomic E-state index is 12.0. The number of rotatable bonds is 9. The number of carboxylic acids is 1. The molecular weight excluding hydrogens is 470 g/mol. The summed E-state index contributed by atoms with van der Waals surface area (Å²) >= 11 is 0. The second-order valence-electron chi connectivity index (χ2n) is 7.73. The third-order valence-corrected chi connectivity index (χ3v) is 4.89. The van der Waals surface area contributed by atoms with Crippen molar-refractivity contribution in [3.63, 3.8) is 0 Å². The number of H-pyrrole nitrogens is 1. The van der Waals surface area contributed by atoms with E-state index in [4.69, 9.17) is 15.4 Å². The SMILES string of the molecule is CC(=O)Nc1ccc(N=Nc2cccc(Cn3nnc(-c4o[nH]c(=O)c4CC(N)C(=O)O)n3)c2)cc1. The van der Waals surface area contributed by atoms with Gasteiger partial charge < -0.3 is 20.7 Å². The number of azo groups is 1. The Kier molecular flexibility index (Phi) is 7.06. The molecule has 1 amide bonds. The number of hydrogen-bond donors (Lipinski definition) is 4. The number of nitrogens with zero attached hydrogens (tertiary/aromatic N) is 6.